The smallest absolute Gasteiger partial charge is 0.244 e. The van der Waals surface area contributed by atoms with Crippen molar-refractivity contribution in [3.63, 3.8) is 0 Å². The van der Waals surface area contributed by atoms with Crippen molar-refractivity contribution in [1.29, 1.82) is 0 Å². The molecule has 1 aromatic rings. The van der Waals surface area contributed by atoms with Crippen LogP contribution in [0, 0.1) is 0 Å². The summed E-state index contributed by atoms with van der Waals surface area (Å²) in [6, 6.07) is 5.25. The van der Waals surface area contributed by atoms with Crippen molar-refractivity contribution in [1.82, 2.24) is 10.2 Å². The molecule has 1 N–H and O–H groups in total. The predicted molar refractivity (Wildman–Crippen MR) is 85.8 cm³/mol. The molecule has 0 bridgehead atoms. The third kappa shape index (κ3) is 5.32. The maximum Gasteiger partial charge on any atom is 0.244 e. The molecular formula is C15H18Cl2N2O2. The number of benzene rings is 1. The maximum absolute atomic E-state index is 11.8. The van der Waals surface area contributed by atoms with Gasteiger partial charge in [0.15, 0.2) is 0 Å². The van der Waals surface area contributed by atoms with Crippen molar-refractivity contribution in [2.45, 2.75) is 0 Å². The average molecular weight is 329 g/mol. The first-order valence-electron chi connectivity index (χ1n) is 6.87. The van der Waals surface area contributed by atoms with E-state index >= 15 is 0 Å². The summed E-state index contributed by atoms with van der Waals surface area (Å²) >= 11 is 12.1. The summed E-state index contributed by atoms with van der Waals surface area (Å²) in [5.74, 6) is -0.153. The lowest BCUT2D eigenvalue weighted by atomic mass is 10.2. The summed E-state index contributed by atoms with van der Waals surface area (Å²) in [5.41, 5.74) is 0.657. The van der Waals surface area contributed by atoms with Crippen molar-refractivity contribution in [3.05, 3.63) is 39.9 Å². The number of rotatable bonds is 5. The van der Waals surface area contributed by atoms with E-state index in [1.54, 1.807) is 24.3 Å². The highest BCUT2D eigenvalue weighted by atomic mass is 35.5. The van der Waals surface area contributed by atoms with Crippen LogP contribution >= 0.6 is 23.2 Å². The Labute approximate surface area is 134 Å². The molecule has 6 heteroatoms. The fourth-order valence-electron chi connectivity index (χ4n) is 2.05. The molecule has 0 saturated carbocycles. The Balaban J connectivity index is 1.77. The van der Waals surface area contributed by atoms with E-state index in [1.807, 2.05) is 0 Å². The molecule has 1 aliphatic heterocycles. The lowest BCUT2D eigenvalue weighted by Gasteiger charge is -2.26. The number of nitrogens with one attached hydrogen (secondary N) is 1. The van der Waals surface area contributed by atoms with Crippen molar-refractivity contribution >= 4 is 35.2 Å². The summed E-state index contributed by atoms with van der Waals surface area (Å²) < 4.78 is 5.27. The van der Waals surface area contributed by atoms with Gasteiger partial charge >= 0.3 is 0 Å². The fourth-order valence-corrected chi connectivity index (χ4v) is 2.57. The van der Waals surface area contributed by atoms with Crippen LogP contribution in [-0.2, 0) is 9.53 Å². The Morgan fingerprint density at radius 2 is 1.95 bits per heavy atom. The van der Waals surface area contributed by atoms with Crippen LogP contribution in [0.15, 0.2) is 24.3 Å². The molecule has 1 fully saturated rings. The van der Waals surface area contributed by atoms with E-state index in [1.165, 1.54) is 6.08 Å². The number of hydrogen-bond acceptors (Lipinski definition) is 3. The molecule has 0 aliphatic carbocycles. The van der Waals surface area contributed by atoms with E-state index in [2.05, 4.69) is 10.2 Å². The Bertz CT molecular complexity index is 494. The Morgan fingerprint density at radius 3 is 2.62 bits per heavy atom. The minimum atomic E-state index is -0.153. The third-order valence-electron chi connectivity index (χ3n) is 3.23. The molecule has 0 radical (unpaired) electrons. The number of morpholine rings is 1. The highest BCUT2D eigenvalue weighted by Crippen LogP contribution is 2.25. The molecule has 1 saturated heterocycles. The van der Waals surface area contributed by atoms with Crippen molar-refractivity contribution in [2.75, 3.05) is 39.4 Å². The minimum Gasteiger partial charge on any atom is -0.379 e. The molecule has 1 aliphatic rings. The van der Waals surface area contributed by atoms with E-state index < -0.39 is 0 Å². The second kappa shape index (κ2) is 8.39. The zero-order valence-corrected chi connectivity index (χ0v) is 13.2. The highest BCUT2D eigenvalue weighted by molar-refractivity contribution is 6.37. The number of hydrogen-bond donors (Lipinski definition) is 1. The number of carbonyl (C=O) groups is 1. The molecule has 0 unspecified atom stereocenters. The van der Waals surface area contributed by atoms with Crippen molar-refractivity contribution in [2.24, 2.45) is 0 Å². The zero-order chi connectivity index (χ0) is 15.1. The first kappa shape index (κ1) is 16.3. The highest BCUT2D eigenvalue weighted by Gasteiger charge is 2.09. The number of ether oxygens (including phenoxy) is 1. The second-order valence-electron chi connectivity index (χ2n) is 4.71. The number of halogens is 2. The van der Waals surface area contributed by atoms with E-state index in [0.717, 1.165) is 32.8 Å². The van der Waals surface area contributed by atoms with Crippen molar-refractivity contribution < 1.29 is 9.53 Å². The van der Waals surface area contributed by atoms with Gasteiger partial charge in [-0.25, -0.2) is 0 Å². The normalized spacial score (nSPS) is 16.3. The van der Waals surface area contributed by atoms with Gasteiger partial charge in [-0.1, -0.05) is 29.3 Å². The van der Waals surface area contributed by atoms with Gasteiger partial charge in [0.1, 0.15) is 0 Å². The number of carbonyl (C=O) groups excluding carboxylic acids is 1. The zero-order valence-electron chi connectivity index (χ0n) is 11.6. The lowest BCUT2D eigenvalue weighted by molar-refractivity contribution is -0.116. The predicted octanol–water partition coefficient (Wildman–Crippen LogP) is 2.46. The summed E-state index contributed by atoms with van der Waals surface area (Å²) in [6.07, 6.45) is 3.08. The lowest BCUT2D eigenvalue weighted by Crippen LogP contribution is -2.41. The molecule has 0 aromatic heterocycles. The Kier molecular flexibility index (Phi) is 6.51. The van der Waals surface area contributed by atoms with Crippen LogP contribution in [0.2, 0.25) is 10.0 Å². The van der Waals surface area contributed by atoms with Gasteiger partial charge in [-0.2, -0.15) is 0 Å². The average Bonchev–Trinajstić information content (AvgIpc) is 2.48. The van der Waals surface area contributed by atoms with Crippen LogP contribution in [-0.4, -0.2) is 50.2 Å². The van der Waals surface area contributed by atoms with E-state index in [9.17, 15) is 4.79 Å². The van der Waals surface area contributed by atoms with Crippen LogP contribution in [0.25, 0.3) is 6.08 Å². The van der Waals surface area contributed by atoms with E-state index in [0.29, 0.717) is 22.2 Å². The van der Waals surface area contributed by atoms with Gasteiger partial charge < -0.3 is 10.1 Å². The molecule has 1 aromatic carbocycles. The Morgan fingerprint density at radius 1 is 1.29 bits per heavy atom. The second-order valence-corrected chi connectivity index (χ2v) is 5.53. The minimum absolute atomic E-state index is 0.153. The summed E-state index contributed by atoms with van der Waals surface area (Å²) in [6.45, 7) is 4.80. The van der Waals surface area contributed by atoms with Crippen LogP contribution < -0.4 is 5.32 Å². The quantitative estimate of drug-likeness (QED) is 0.844. The van der Waals surface area contributed by atoms with Gasteiger partial charge in [0.2, 0.25) is 5.91 Å². The first-order valence-corrected chi connectivity index (χ1v) is 7.62. The van der Waals surface area contributed by atoms with Crippen LogP contribution in [0.5, 0.6) is 0 Å². The largest absolute Gasteiger partial charge is 0.379 e. The van der Waals surface area contributed by atoms with E-state index in [-0.39, 0.29) is 5.91 Å². The van der Waals surface area contributed by atoms with Gasteiger partial charge in [0.25, 0.3) is 0 Å². The van der Waals surface area contributed by atoms with Crippen LogP contribution in [0.4, 0.5) is 0 Å². The van der Waals surface area contributed by atoms with Crippen LogP contribution in [0.1, 0.15) is 5.56 Å². The molecule has 4 nitrogen and oxygen atoms in total. The molecule has 0 atom stereocenters. The first-order chi connectivity index (χ1) is 10.2. The molecule has 0 spiro atoms. The summed E-state index contributed by atoms with van der Waals surface area (Å²) in [5, 5.41) is 3.90. The molecule has 114 valence electrons. The van der Waals surface area contributed by atoms with Crippen molar-refractivity contribution in [3.8, 4) is 0 Å². The molecule has 2 rings (SSSR count). The van der Waals surface area contributed by atoms with Gasteiger partial charge in [-0.15, -0.1) is 0 Å². The standard InChI is InChI=1S/C15H18Cl2N2O2/c16-13-2-1-3-14(17)12(13)4-5-15(20)18-6-7-19-8-10-21-11-9-19/h1-5H,6-11H2,(H,18,20). The van der Waals surface area contributed by atoms with E-state index in [4.69, 9.17) is 27.9 Å². The molecule has 1 amide bonds. The maximum atomic E-state index is 11.8. The summed E-state index contributed by atoms with van der Waals surface area (Å²) in [7, 11) is 0. The third-order valence-corrected chi connectivity index (χ3v) is 3.89. The Hall–Kier alpha value is -1.07. The van der Waals surface area contributed by atoms with Gasteiger partial charge in [0.05, 0.1) is 13.2 Å². The monoisotopic (exact) mass is 328 g/mol. The summed E-state index contributed by atoms with van der Waals surface area (Å²) in [4.78, 5) is 14.0. The number of amides is 1. The fraction of sp³-hybridized carbons (Fsp3) is 0.400. The van der Waals surface area contributed by atoms with Crippen LogP contribution in [0.3, 0.4) is 0 Å². The molecular weight excluding hydrogens is 311 g/mol. The molecule has 21 heavy (non-hydrogen) atoms. The topological polar surface area (TPSA) is 41.6 Å². The SMILES string of the molecule is O=C(C=Cc1c(Cl)cccc1Cl)NCCN1CCOCC1. The number of nitrogens with zero attached hydrogens (tertiary/aromatic N) is 1. The molecule has 1 heterocycles. The van der Waals surface area contributed by atoms with Gasteiger partial charge in [-0.3, -0.25) is 9.69 Å². The van der Waals surface area contributed by atoms with Gasteiger partial charge in [-0.05, 0) is 18.2 Å². The van der Waals surface area contributed by atoms with Gasteiger partial charge in [0, 0.05) is 47.9 Å².